The first-order valence-electron chi connectivity index (χ1n) is 11.7. The van der Waals surface area contributed by atoms with E-state index >= 15 is 0 Å². The summed E-state index contributed by atoms with van der Waals surface area (Å²) in [6.07, 6.45) is 0. The van der Waals surface area contributed by atoms with Crippen LogP contribution in [-0.2, 0) is 0 Å². The lowest BCUT2D eigenvalue weighted by atomic mass is 9.96. The van der Waals surface area contributed by atoms with Gasteiger partial charge in [-0.3, -0.25) is 24.0 Å². The minimum atomic E-state index is -0.704. The summed E-state index contributed by atoms with van der Waals surface area (Å²) in [5, 5.41) is 0.730. The third-order valence-corrected chi connectivity index (χ3v) is 8.24. The minimum Gasteiger partial charge on any atom is -0.289 e. The predicted octanol–water partition coefficient (Wildman–Crippen LogP) is 7.79. The molecule has 4 amide bonds. The van der Waals surface area contributed by atoms with Gasteiger partial charge in [-0.25, -0.2) is 9.80 Å². The first kappa shape index (κ1) is 27.4. The number of halogens is 5. The Labute approximate surface area is 256 Å². The van der Waals surface area contributed by atoms with Gasteiger partial charge >= 0.3 is 0 Å². The van der Waals surface area contributed by atoms with Crippen LogP contribution in [0.4, 0.5) is 11.4 Å². The number of amides is 4. The summed E-state index contributed by atoms with van der Waals surface area (Å²) >= 11 is 30.5. The topological polar surface area (TPSA) is 91.8 Å². The van der Waals surface area contributed by atoms with Gasteiger partial charge in [0.15, 0.2) is 5.78 Å². The highest BCUT2D eigenvalue weighted by Gasteiger charge is 2.40. The molecule has 0 saturated heterocycles. The molecule has 12 heteroatoms. The van der Waals surface area contributed by atoms with Crippen LogP contribution in [0.25, 0.3) is 0 Å². The van der Waals surface area contributed by atoms with Gasteiger partial charge in [0.25, 0.3) is 23.6 Å². The van der Waals surface area contributed by atoms with Crippen LogP contribution in [-0.4, -0.2) is 29.4 Å². The molecule has 7 nitrogen and oxygen atoms in total. The summed E-state index contributed by atoms with van der Waals surface area (Å²) in [4.78, 5) is 67.8. The lowest BCUT2D eigenvalue weighted by molar-refractivity contribution is 0.0910. The zero-order valence-electron chi connectivity index (χ0n) is 20.2. The fraction of sp³-hybridized carbons (Fsp3) is 0. The first-order valence-corrected chi connectivity index (χ1v) is 13.6. The van der Waals surface area contributed by atoms with E-state index in [4.69, 9.17) is 58.0 Å². The smallest absolute Gasteiger partial charge is 0.266 e. The molecule has 0 aromatic heterocycles. The molecule has 0 fully saturated rings. The van der Waals surface area contributed by atoms with Gasteiger partial charge in [0.1, 0.15) is 0 Å². The number of anilines is 2. The molecule has 0 radical (unpaired) electrons. The molecule has 0 N–H and O–H groups in total. The van der Waals surface area contributed by atoms with E-state index in [9.17, 15) is 24.0 Å². The summed E-state index contributed by atoms with van der Waals surface area (Å²) in [7, 11) is 0. The Bertz CT molecular complexity index is 1920. The van der Waals surface area contributed by atoms with E-state index in [-0.39, 0.29) is 64.8 Å². The molecule has 0 spiro atoms. The molecule has 0 bridgehead atoms. The molecule has 4 aromatic rings. The Morgan fingerprint density at radius 1 is 0.463 bits per heavy atom. The average molecular weight is 645 g/mol. The number of imide groups is 2. The van der Waals surface area contributed by atoms with E-state index in [0.717, 1.165) is 9.80 Å². The molecule has 2 heterocycles. The van der Waals surface area contributed by atoms with Crippen LogP contribution in [0.2, 0.25) is 25.1 Å². The van der Waals surface area contributed by atoms with Crippen molar-refractivity contribution < 1.29 is 24.0 Å². The van der Waals surface area contributed by atoms with E-state index in [2.05, 4.69) is 0 Å². The van der Waals surface area contributed by atoms with Crippen molar-refractivity contribution in [3.05, 3.63) is 125 Å². The van der Waals surface area contributed by atoms with E-state index in [1.165, 1.54) is 66.7 Å². The molecular weight excluding hydrogens is 634 g/mol. The van der Waals surface area contributed by atoms with Crippen LogP contribution in [0.1, 0.15) is 57.4 Å². The van der Waals surface area contributed by atoms with Crippen molar-refractivity contribution in [2.24, 2.45) is 0 Å². The summed E-state index contributed by atoms with van der Waals surface area (Å²) in [6, 6.07) is 15.1. The predicted molar refractivity (Wildman–Crippen MR) is 157 cm³/mol. The maximum Gasteiger partial charge on any atom is 0.266 e. The Balaban J connectivity index is 1.33. The molecule has 0 aliphatic carbocycles. The first-order chi connectivity index (χ1) is 19.5. The number of ketones is 1. The van der Waals surface area contributed by atoms with Gasteiger partial charge in [0, 0.05) is 16.1 Å². The standard InChI is InChI=1S/C29H11Cl5N2O5/c30-14-3-6-23(21(33)9-14)35-26(38)15-4-1-12(7-17(15)28(35)40)25(37)13-2-5-16-18(8-13)29(41)36(27(16)39)24-11-20(32)19(31)10-22(24)34/h1-11H. The number of nitrogens with zero attached hydrogens (tertiary/aromatic N) is 2. The van der Waals surface area contributed by atoms with E-state index < -0.39 is 29.4 Å². The molecule has 202 valence electrons. The van der Waals surface area contributed by atoms with E-state index in [1.54, 1.807) is 0 Å². The summed E-state index contributed by atoms with van der Waals surface area (Å²) in [5.74, 6) is -3.15. The maximum absolute atomic E-state index is 13.4. The van der Waals surface area contributed by atoms with Crippen LogP contribution in [0.15, 0.2) is 66.7 Å². The highest BCUT2D eigenvalue weighted by atomic mass is 35.5. The van der Waals surface area contributed by atoms with Gasteiger partial charge in [0.2, 0.25) is 0 Å². The van der Waals surface area contributed by atoms with Crippen molar-refractivity contribution >= 4 is 98.8 Å². The number of hydrogen-bond acceptors (Lipinski definition) is 5. The molecule has 6 rings (SSSR count). The normalized spacial score (nSPS) is 14.2. The lowest BCUT2D eigenvalue weighted by Crippen LogP contribution is -2.29. The fourth-order valence-corrected chi connectivity index (χ4v) is 5.83. The highest BCUT2D eigenvalue weighted by Crippen LogP contribution is 2.39. The van der Waals surface area contributed by atoms with Crippen LogP contribution in [0.3, 0.4) is 0 Å². The minimum absolute atomic E-state index is 0.0136. The SMILES string of the molecule is O=C(c1ccc2c(c1)C(=O)N(c1ccc(Cl)cc1Cl)C2=O)c1ccc2c(c1)C(=O)N(c1cc(Cl)c(Cl)cc1Cl)C2=O. The van der Waals surface area contributed by atoms with Crippen LogP contribution in [0, 0.1) is 0 Å². The quantitative estimate of drug-likeness (QED) is 0.129. The van der Waals surface area contributed by atoms with Gasteiger partial charge in [-0.2, -0.15) is 0 Å². The molecule has 0 atom stereocenters. The Morgan fingerprint density at radius 3 is 1.46 bits per heavy atom. The van der Waals surface area contributed by atoms with E-state index in [1.807, 2.05) is 0 Å². The van der Waals surface area contributed by atoms with Crippen LogP contribution in [0.5, 0.6) is 0 Å². The molecular formula is C29H11Cl5N2O5. The summed E-state index contributed by atoms with van der Waals surface area (Å²) in [6.45, 7) is 0. The second-order valence-electron chi connectivity index (χ2n) is 9.05. The van der Waals surface area contributed by atoms with E-state index in [0.29, 0.717) is 5.02 Å². The molecule has 41 heavy (non-hydrogen) atoms. The highest BCUT2D eigenvalue weighted by molar-refractivity contribution is 6.46. The average Bonchev–Trinajstić information content (AvgIpc) is 3.34. The molecule has 2 aliphatic rings. The van der Waals surface area contributed by atoms with Crippen molar-refractivity contribution in [2.75, 3.05) is 9.80 Å². The molecule has 0 saturated carbocycles. The van der Waals surface area contributed by atoms with Gasteiger partial charge in [-0.1, -0.05) is 70.1 Å². The van der Waals surface area contributed by atoms with Crippen molar-refractivity contribution in [3.8, 4) is 0 Å². The number of carbonyl (C=O) groups is 5. The van der Waals surface area contributed by atoms with Crippen molar-refractivity contribution in [1.29, 1.82) is 0 Å². The second kappa shape index (κ2) is 9.98. The third kappa shape index (κ3) is 4.33. The van der Waals surface area contributed by atoms with Crippen LogP contribution < -0.4 is 9.80 Å². The zero-order chi connectivity index (χ0) is 29.3. The largest absolute Gasteiger partial charge is 0.289 e. The summed E-state index contributed by atoms with van der Waals surface area (Å²) in [5.41, 5.74) is 0.547. The van der Waals surface area contributed by atoms with Gasteiger partial charge in [0.05, 0.1) is 53.7 Å². The second-order valence-corrected chi connectivity index (χ2v) is 11.1. The number of fused-ring (bicyclic) bond motifs is 2. The monoisotopic (exact) mass is 642 g/mol. The maximum atomic E-state index is 13.4. The number of hydrogen-bond donors (Lipinski definition) is 0. The zero-order valence-corrected chi connectivity index (χ0v) is 24.0. The Hall–Kier alpha value is -3.72. The number of carbonyl (C=O) groups excluding carboxylic acids is 5. The summed E-state index contributed by atoms with van der Waals surface area (Å²) < 4.78 is 0. The van der Waals surface area contributed by atoms with Gasteiger partial charge in [-0.05, 0) is 54.6 Å². The molecule has 0 unspecified atom stereocenters. The van der Waals surface area contributed by atoms with Crippen molar-refractivity contribution in [1.82, 2.24) is 0 Å². The fourth-order valence-electron chi connectivity index (χ4n) is 4.71. The van der Waals surface area contributed by atoms with Crippen molar-refractivity contribution in [2.45, 2.75) is 0 Å². The molecule has 4 aromatic carbocycles. The number of benzene rings is 4. The Morgan fingerprint density at radius 2 is 0.927 bits per heavy atom. The van der Waals surface area contributed by atoms with Gasteiger partial charge in [-0.15, -0.1) is 0 Å². The third-order valence-electron chi connectivity index (χ3n) is 6.68. The van der Waals surface area contributed by atoms with Gasteiger partial charge < -0.3 is 0 Å². The Kier molecular flexibility index (Phi) is 6.68. The van der Waals surface area contributed by atoms with Crippen LogP contribution >= 0.6 is 58.0 Å². The van der Waals surface area contributed by atoms with Crippen molar-refractivity contribution in [3.63, 3.8) is 0 Å². The lowest BCUT2D eigenvalue weighted by Gasteiger charge is -2.16. The number of rotatable bonds is 4. The molecule has 2 aliphatic heterocycles.